The molecular formula is C15H15N3O2. The van der Waals surface area contributed by atoms with Gasteiger partial charge in [0, 0.05) is 18.3 Å². The molecule has 1 amide bonds. The lowest BCUT2D eigenvalue weighted by atomic mass is 10.1. The number of nitrogens with zero attached hydrogens (tertiary/aromatic N) is 1. The topological polar surface area (TPSA) is 77.2 Å². The predicted octanol–water partition coefficient (Wildman–Crippen LogP) is 1.60. The van der Waals surface area contributed by atoms with E-state index in [1.165, 1.54) is 5.56 Å². The Hall–Kier alpha value is -2.56. The minimum Gasteiger partial charge on any atom is -0.488 e. The number of amides is 1. The number of hydrogen-bond acceptors (Lipinski definition) is 4. The standard InChI is InChI=1S/C15H15N3O2/c16-15(19)13-8-11(5-6-17-13)18-9-12-7-10-3-1-2-4-14(10)20-12/h1-6,8,12H,7,9H2,(H2,16,19)(H,17,18). The van der Waals surface area contributed by atoms with Crippen LogP contribution in [0.25, 0.3) is 0 Å². The monoisotopic (exact) mass is 269 g/mol. The lowest BCUT2D eigenvalue weighted by Gasteiger charge is -2.13. The number of nitrogens with one attached hydrogen (secondary N) is 1. The summed E-state index contributed by atoms with van der Waals surface area (Å²) in [6, 6.07) is 11.5. The average Bonchev–Trinajstić information content (AvgIpc) is 2.88. The number of carbonyl (C=O) groups is 1. The summed E-state index contributed by atoms with van der Waals surface area (Å²) in [6.07, 6.45) is 2.54. The fraction of sp³-hybridized carbons (Fsp3) is 0.200. The summed E-state index contributed by atoms with van der Waals surface area (Å²) in [5, 5.41) is 3.24. The molecule has 1 aliphatic rings. The van der Waals surface area contributed by atoms with Crippen molar-refractivity contribution in [3.63, 3.8) is 0 Å². The number of rotatable bonds is 4. The second-order valence-corrected chi connectivity index (χ2v) is 4.73. The third-order valence-corrected chi connectivity index (χ3v) is 3.26. The molecule has 0 aliphatic carbocycles. The van der Waals surface area contributed by atoms with Crippen molar-refractivity contribution in [2.75, 3.05) is 11.9 Å². The SMILES string of the molecule is NC(=O)c1cc(NCC2Cc3ccccc3O2)ccn1. The van der Waals surface area contributed by atoms with Crippen molar-refractivity contribution in [1.82, 2.24) is 4.98 Å². The zero-order chi connectivity index (χ0) is 13.9. The van der Waals surface area contributed by atoms with Crippen LogP contribution in [0.4, 0.5) is 5.69 Å². The zero-order valence-electron chi connectivity index (χ0n) is 10.9. The number of para-hydroxylation sites is 1. The number of hydrogen-bond donors (Lipinski definition) is 2. The van der Waals surface area contributed by atoms with Crippen LogP contribution in [-0.2, 0) is 6.42 Å². The van der Waals surface area contributed by atoms with E-state index in [0.717, 1.165) is 17.9 Å². The maximum Gasteiger partial charge on any atom is 0.267 e. The van der Waals surface area contributed by atoms with Crippen LogP contribution in [0.2, 0.25) is 0 Å². The van der Waals surface area contributed by atoms with Gasteiger partial charge in [0.2, 0.25) is 0 Å². The van der Waals surface area contributed by atoms with Gasteiger partial charge in [-0.15, -0.1) is 0 Å². The van der Waals surface area contributed by atoms with E-state index in [-0.39, 0.29) is 11.8 Å². The summed E-state index contributed by atoms with van der Waals surface area (Å²) in [6.45, 7) is 0.664. The summed E-state index contributed by atoms with van der Waals surface area (Å²) < 4.78 is 5.84. The third kappa shape index (κ3) is 2.56. The molecule has 3 N–H and O–H groups in total. The van der Waals surface area contributed by atoms with E-state index in [9.17, 15) is 4.79 Å². The van der Waals surface area contributed by atoms with Crippen LogP contribution < -0.4 is 15.8 Å². The van der Waals surface area contributed by atoms with Gasteiger partial charge in [-0.3, -0.25) is 9.78 Å². The number of aromatic nitrogens is 1. The van der Waals surface area contributed by atoms with Gasteiger partial charge in [-0.05, 0) is 23.8 Å². The van der Waals surface area contributed by atoms with Crippen LogP contribution in [0.1, 0.15) is 16.1 Å². The molecular weight excluding hydrogens is 254 g/mol. The third-order valence-electron chi connectivity index (χ3n) is 3.26. The van der Waals surface area contributed by atoms with E-state index in [4.69, 9.17) is 10.5 Å². The number of primary amides is 1. The Balaban J connectivity index is 1.61. The highest BCUT2D eigenvalue weighted by atomic mass is 16.5. The van der Waals surface area contributed by atoms with Gasteiger partial charge < -0.3 is 15.8 Å². The molecule has 2 aromatic rings. The quantitative estimate of drug-likeness (QED) is 0.883. The zero-order valence-corrected chi connectivity index (χ0v) is 10.9. The maximum absolute atomic E-state index is 11.1. The summed E-state index contributed by atoms with van der Waals surface area (Å²) in [4.78, 5) is 15.0. The molecule has 102 valence electrons. The van der Waals surface area contributed by atoms with Crippen LogP contribution in [0.15, 0.2) is 42.6 Å². The van der Waals surface area contributed by atoms with E-state index >= 15 is 0 Å². The highest BCUT2D eigenvalue weighted by Crippen LogP contribution is 2.28. The highest BCUT2D eigenvalue weighted by molar-refractivity contribution is 5.91. The molecule has 20 heavy (non-hydrogen) atoms. The number of ether oxygens (including phenoxy) is 1. The number of anilines is 1. The minimum atomic E-state index is -0.529. The Morgan fingerprint density at radius 3 is 3.05 bits per heavy atom. The molecule has 1 atom stereocenters. The molecule has 0 radical (unpaired) electrons. The van der Waals surface area contributed by atoms with Crippen molar-refractivity contribution in [3.05, 3.63) is 53.9 Å². The van der Waals surface area contributed by atoms with Crippen LogP contribution in [0.3, 0.4) is 0 Å². The van der Waals surface area contributed by atoms with Crippen molar-refractivity contribution in [1.29, 1.82) is 0 Å². The fourth-order valence-electron chi connectivity index (χ4n) is 2.27. The fourth-order valence-corrected chi connectivity index (χ4v) is 2.27. The van der Waals surface area contributed by atoms with Crippen molar-refractivity contribution < 1.29 is 9.53 Å². The molecule has 0 spiro atoms. The second-order valence-electron chi connectivity index (χ2n) is 4.73. The van der Waals surface area contributed by atoms with E-state index in [2.05, 4.69) is 16.4 Å². The highest BCUT2D eigenvalue weighted by Gasteiger charge is 2.21. The Morgan fingerprint density at radius 1 is 1.40 bits per heavy atom. The van der Waals surface area contributed by atoms with Crippen LogP contribution in [-0.4, -0.2) is 23.5 Å². The molecule has 5 heteroatoms. The molecule has 0 saturated heterocycles. The largest absolute Gasteiger partial charge is 0.488 e. The first-order valence-corrected chi connectivity index (χ1v) is 6.46. The molecule has 1 aromatic carbocycles. The Kier molecular flexibility index (Phi) is 3.25. The lowest BCUT2D eigenvalue weighted by Crippen LogP contribution is -2.24. The van der Waals surface area contributed by atoms with Gasteiger partial charge in [-0.1, -0.05) is 18.2 Å². The molecule has 3 rings (SSSR count). The number of benzene rings is 1. The normalized spacial score (nSPS) is 16.3. The van der Waals surface area contributed by atoms with Gasteiger partial charge >= 0.3 is 0 Å². The van der Waals surface area contributed by atoms with Crippen molar-refractivity contribution >= 4 is 11.6 Å². The summed E-state index contributed by atoms with van der Waals surface area (Å²) in [5.74, 6) is 0.421. The molecule has 0 fully saturated rings. The van der Waals surface area contributed by atoms with Crippen molar-refractivity contribution in [3.8, 4) is 5.75 Å². The Morgan fingerprint density at radius 2 is 2.25 bits per heavy atom. The predicted molar refractivity (Wildman–Crippen MR) is 75.8 cm³/mol. The summed E-state index contributed by atoms with van der Waals surface area (Å²) >= 11 is 0. The van der Waals surface area contributed by atoms with Gasteiger partial charge in [0.05, 0.1) is 6.54 Å². The molecule has 2 heterocycles. The van der Waals surface area contributed by atoms with Gasteiger partial charge in [0.15, 0.2) is 0 Å². The molecule has 1 aliphatic heterocycles. The molecule has 5 nitrogen and oxygen atoms in total. The van der Waals surface area contributed by atoms with Crippen molar-refractivity contribution in [2.45, 2.75) is 12.5 Å². The van der Waals surface area contributed by atoms with E-state index in [1.54, 1.807) is 18.3 Å². The second kappa shape index (κ2) is 5.21. The molecule has 1 aromatic heterocycles. The van der Waals surface area contributed by atoms with Crippen LogP contribution >= 0.6 is 0 Å². The first-order valence-electron chi connectivity index (χ1n) is 6.46. The van der Waals surface area contributed by atoms with Crippen LogP contribution in [0, 0.1) is 0 Å². The number of fused-ring (bicyclic) bond motifs is 1. The smallest absolute Gasteiger partial charge is 0.267 e. The van der Waals surface area contributed by atoms with Crippen LogP contribution in [0.5, 0.6) is 5.75 Å². The van der Waals surface area contributed by atoms with Gasteiger partial charge in [0.25, 0.3) is 5.91 Å². The van der Waals surface area contributed by atoms with E-state index < -0.39 is 5.91 Å². The Labute approximate surface area is 116 Å². The lowest BCUT2D eigenvalue weighted by molar-refractivity contribution is 0.0995. The molecule has 0 saturated carbocycles. The van der Waals surface area contributed by atoms with Gasteiger partial charge in [-0.25, -0.2) is 0 Å². The first-order chi connectivity index (χ1) is 9.72. The molecule has 0 bridgehead atoms. The first kappa shape index (κ1) is 12.5. The van der Waals surface area contributed by atoms with Gasteiger partial charge in [-0.2, -0.15) is 0 Å². The number of pyridine rings is 1. The summed E-state index contributed by atoms with van der Waals surface area (Å²) in [5.41, 5.74) is 7.50. The molecule has 1 unspecified atom stereocenters. The van der Waals surface area contributed by atoms with E-state index in [0.29, 0.717) is 6.54 Å². The van der Waals surface area contributed by atoms with Gasteiger partial charge in [0.1, 0.15) is 17.5 Å². The number of carbonyl (C=O) groups excluding carboxylic acids is 1. The Bertz CT molecular complexity index is 618. The maximum atomic E-state index is 11.1. The summed E-state index contributed by atoms with van der Waals surface area (Å²) in [7, 11) is 0. The van der Waals surface area contributed by atoms with Crippen molar-refractivity contribution in [2.24, 2.45) is 5.73 Å². The minimum absolute atomic E-state index is 0.0950. The average molecular weight is 269 g/mol. The van der Waals surface area contributed by atoms with E-state index in [1.807, 2.05) is 18.2 Å². The number of nitrogens with two attached hydrogens (primary N) is 1.